The van der Waals surface area contributed by atoms with Crippen LogP contribution in [0.15, 0.2) is 0 Å². The molecule has 2 N–H and O–H groups in total. The third-order valence-corrected chi connectivity index (χ3v) is 4.10. The summed E-state index contributed by atoms with van der Waals surface area (Å²) in [6, 6.07) is 0. The molecule has 0 aromatic heterocycles. The van der Waals surface area contributed by atoms with Crippen molar-refractivity contribution in [2.75, 3.05) is 6.61 Å². The largest absolute Gasteiger partial charge is 0.481 e. The summed E-state index contributed by atoms with van der Waals surface area (Å²) in [5.74, 6) is -0.809. The number of carboxylic acids is 1. The zero-order valence-electron chi connectivity index (χ0n) is 8.46. The SMILES string of the molecule is O=C(O)C1(CO)CC2(CCCCC2)C1. The molecular formula is C11H18O3. The van der Waals surface area contributed by atoms with Gasteiger partial charge < -0.3 is 10.2 Å². The maximum Gasteiger partial charge on any atom is 0.312 e. The normalized spacial score (nSPS) is 28.4. The lowest BCUT2D eigenvalue weighted by Gasteiger charge is -2.55. The summed E-state index contributed by atoms with van der Waals surface area (Å²) in [7, 11) is 0. The number of aliphatic carboxylic acids is 1. The summed E-state index contributed by atoms with van der Waals surface area (Å²) < 4.78 is 0. The molecule has 0 aromatic carbocycles. The van der Waals surface area contributed by atoms with E-state index in [1.165, 1.54) is 32.1 Å². The average Bonchev–Trinajstić information content (AvgIpc) is 2.14. The van der Waals surface area contributed by atoms with Gasteiger partial charge in [0.2, 0.25) is 0 Å². The van der Waals surface area contributed by atoms with Crippen molar-refractivity contribution in [2.45, 2.75) is 44.9 Å². The molecule has 0 radical (unpaired) electrons. The minimum Gasteiger partial charge on any atom is -0.481 e. The van der Waals surface area contributed by atoms with Gasteiger partial charge in [0, 0.05) is 0 Å². The van der Waals surface area contributed by atoms with E-state index in [1.807, 2.05) is 0 Å². The van der Waals surface area contributed by atoms with Crippen molar-refractivity contribution >= 4 is 5.97 Å². The van der Waals surface area contributed by atoms with Crippen LogP contribution in [0.1, 0.15) is 44.9 Å². The Morgan fingerprint density at radius 1 is 1.14 bits per heavy atom. The van der Waals surface area contributed by atoms with Crippen molar-refractivity contribution in [2.24, 2.45) is 10.8 Å². The monoisotopic (exact) mass is 198 g/mol. The lowest BCUT2D eigenvalue weighted by atomic mass is 9.49. The molecule has 14 heavy (non-hydrogen) atoms. The van der Waals surface area contributed by atoms with E-state index >= 15 is 0 Å². The molecule has 2 aliphatic rings. The third-order valence-electron chi connectivity index (χ3n) is 4.10. The lowest BCUT2D eigenvalue weighted by molar-refractivity contribution is -0.175. The van der Waals surface area contributed by atoms with Crippen LogP contribution in [0.5, 0.6) is 0 Å². The van der Waals surface area contributed by atoms with E-state index < -0.39 is 11.4 Å². The molecular weight excluding hydrogens is 180 g/mol. The van der Waals surface area contributed by atoms with Crippen molar-refractivity contribution in [3.05, 3.63) is 0 Å². The molecule has 0 aliphatic heterocycles. The number of hydrogen-bond acceptors (Lipinski definition) is 2. The van der Waals surface area contributed by atoms with Crippen LogP contribution in [0, 0.1) is 10.8 Å². The van der Waals surface area contributed by atoms with E-state index in [9.17, 15) is 4.79 Å². The second-order valence-corrected chi connectivity index (χ2v) is 5.16. The van der Waals surface area contributed by atoms with Gasteiger partial charge in [-0.2, -0.15) is 0 Å². The molecule has 0 amide bonds. The standard InChI is InChI=1S/C11H18O3/c12-8-11(9(13)14)6-10(7-11)4-2-1-3-5-10/h12H,1-8H2,(H,13,14). The van der Waals surface area contributed by atoms with Crippen LogP contribution >= 0.6 is 0 Å². The van der Waals surface area contributed by atoms with Crippen LogP contribution in [0.4, 0.5) is 0 Å². The zero-order valence-corrected chi connectivity index (χ0v) is 8.46. The first-order valence-corrected chi connectivity index (χ1v) is 5.47. The minimum absolute atomic E-state index is 0.190. The van der Waals surface area contributed by atoms with Gasteiger partial charge in [-0.15, -0.1) is 0 Å². The summed E-state index contributed by atoms with van der Waals surface area (Å²) in [4.78, 5) is 11.0. The van der Waals surface area contributed by atoms with Crippen LogP contribution in [0.3, 0.4) is 0 Å². The second-order valence-electron chi connectivity index (χ2n) is 5.16. The Hall–Kier alpha value is -0.570. The lowest BCUT2D eigenvalue weighted by Crippen LogP contribution is -2.54. The molecule has 0 unspecified atom stereocenters. The zero-order chi connectivity index (χ0) is 10.2. The van der Waals surface area contributed by atoms with Crippen LogP contribution in [-0.4, -0.2) is 22.8 Å². The van der Waals surface area contributed by atoms with Crippen molar-refractivity contribution in [1.82, 2.24) is 0 Å². The fraction of sp³-hybridized carbons (Fsp3) is 0.909. The van der Waals surface area contributed by atoms with Gasteiger partial charge in [0.25, 0.3) is 0 Å². The predicted molar refractivity (Wildman–Crippen MR) is 51.9 cm³/mol. The van der Waals surface area contributed by atoms with Gasteiger partial charge in [0.15, 0.2) is 0 Å². The summed E-state index contributed by atoms with van der Waals surface area (Å²) in [6.07, 6.45) is 7.50. The van der Waals surface area contributed by atoms with E-state index in [1.54, 1.807) is 0 Å². The Labute approximate surface area is 84.1 Å². The molecule has 80 valence electrons. The van der Waals surface area contributed by atoms with E-state index in [0.29, 0.717) is 12.8 Å². The third kappa shape index (κ3) is 1.34. The van der Waals surface area contributed by atoms with E-state index in [-0.39, 0.29) is 12.0 Å². The van der Waals surface area contributed by atoms with Gasteiger partial charge in [-0.05, 0) is 31.1 Å². The highest BCUT2D eigenvalue weighted by Crippen LogP contribution is 2.60. The highest BCUT2D eigenvalue weighted by Gasteiger charge is 2.58. The first kappa shape index (κ1) is 9.97. The highest BCUT2D eigenvalue weighted by atomic mass is 16.4. The van der Waals surface area contributed by atoms with E-state index in [0.717, 1.165) is 0 Å². The predicted octanol–water partition coefficient (Wildman–Crippen LogP) is 1.79. The fourth-order valence-corrected chi connectivity index (χ4v) is 3.37. The summed E-state index contributed by atoms with van der Waals surface area (Å²) in [6.45, 7) is -0.190. The van der Waals surface area contributed by atoms with Crippen LogP contribution in [0.25, 0.3) is 0 Å². The van der Waals surface area contributed by atoms with Gasteiger partial charge in [-0.1, -0.05) is 19.3 Å². The number of aliphatic hydroxyl groups is 1. The number of rotatable bonds is 2. The topological polar surface area (TPSA) is 57.5 Å². The molecule has 2 aliphatic carbocycles. The summed E-state index contributed by atoms with van der Waals surface area (Å²) in [5.41, 5.74) is -0.517. The van der Waals surface area contributed by atoms with Crippen molar-refractivity contribution in [3.8, 4) is 0 Å². The molecule has 3 heteroatoms. The van der Waals surface area contributed by atoms with Crippen LogP contribution in [-0.2, 0) is 4.79 Å². The van der Waals surface area contributed by atoms with Crippen LogP contribution < -0.4 is 0 Å². The number of aliphatic hydroxyl groups excluding tert-OH is 1. The van der Waals surface area contributed by atoms with Crippen molar-refractivity contribution in [1.29, 1.82) is 0 Å². The molecule has 0 bridgehead atoms. The first-order chi connectivity index (χ1) is 6.63. The van der Waals surface area contributed by atoms with E-state index in [2.05, 4.69) is 0 Å². The first-order valence-electron chi connectivity index (χ1n) is 5.47. The van der Waals surface area contributed by atoms with Gasteiger partial charge in [-0.3, -0.25) is 4.79 Å². The Kier molecular flexibility index (Phi) is 2.30. The van der Waals surface area contributed by atoms with Gasteiger partial charge in [0.1, 0.15) is 0 Å². The van der Waals surface area contributed by atoms with Crippen molar-refractivity contribution in [3.63, 3.8) is 0 Å². The molecule has 1 spiro atoms. The molecule has 0 aromatic rings. The van der Waals surface area contributed by atoms with Gasteiger partial charge in [0.05, 0.1) is 12.0 Å². The molecule has 3 nitrogen and oxygen atoms in total. The van der Waals surface area contributed by atoms with Crippen LogP contribution in [0.2, 0.25) is 0 Å². The number of carbonyl (C=O) groups is 1. The Balaban J connectivity index is 2.01. The number of carboxylic acid groups (broad SMARTS) is 1. The molecule has 0 heterocycles. The second kappa shape index (κ2) is 3.23. The fourth-order valence-electron chi connectivity index (χ4n) is 3.37. The molecule has 2 fully saturated rings. The van der Waals surface area contributed by atoms with Gasteiger partial charge >= 0.3 is 5.97 Å². The molecule has 2 rings (SSSR count). The molecule has 2 saturated carbocycles. The summed E-state index contributed by atoms with van der Waals surface area (Å²) in [5, 5.41) is 18.2. The van der Waals surface area contributed by atoms with Crippen molar-refractivity contribution < 1.29 is 15.0 Å². The maximum atomic E-state index is 11.0. The molecule has 0 saturated heterocycles. The average molecular weight is 198 g/mol. The Morgan fingerprint density at radius 3 is 2.14 bits per heavy atom. The minimum atomic E-state index is -0.809. The number of hydrogen-bond donors (Lipinski definition) is 2. The Morgan fingerprint density at radius 2 is 1.71 bits per heavy atom. The van der Waals surface area contributed by atoms with E-state index in [4.69, 9.17) is 10.2 Å². The maximum absolute atomic E-state index is 11.0. The summed E-state index contributed by atoms with van der Waals surface area (Å²) >= 11 is 0. The quantitative estimate of drug-likeness (QED) is 0.711. The Bertz CT molecular complexity index is 233. The smallest absolute Gasteiger partial charge is 0.312 e. The highest BCUT2D eigenvalue weighted by molar-refractivity contribution is 5.76. The molecule has 0 atom stereocenters. The van der Waals surface area contributed by atoms with Gasteiger partial charge in [-0.25, -0.2) is 0 Å².